The SMILES string of the molecule is CCC1OCCC1CNCc1cccc2c1CCNC2. The Labute approximate surface area is 122 Å². The minimum absolute atomic E-state index is 0.469. The lowest BCUT2D eigenvalue weighted by atomic mass is 9.95. The molecule has 3 rings (SSSR count). The summed E-state index contributed by atoms with van der Waals surface area (Å²) >= 11 is 0. The molecule has 3 heteroatoms. The summed E-state index contributed by atoms with van der Waals surface area (Å²) in [5, 5.41) is 7.10. The van der Waals surface area contributed by atoms with Gasteiger partial charge in [-0.1, -0.05) is 25.1 Å². The fourth-order valence-electron chi connectivity index (χ4n) is 3.55. The smallest absolute Gasteiger partial charge is 0.0613 e. The zero-order valence-electron chi connectivity index (χ0n) is 12.5. The predicted octanol–water partition coefficient (Wildman–Crippen LogP) is 2.24. The van der Waals surface area contributed by atoms with Crippen molar-refractivity contribution in [1.29, 1.82) is 0 Å². The highest BCUT2D eigenvalue weighted by Gasteiger charge is 2.26. The highest BCUT2D eigenvalue weighted by Crippen LogP contribution is 2.23. The molecule has 2 aliphatic heterocycles. The fraction of sp³-hybridized carbons (Fsp3) is 0.647. The van der Waals surface area contributed by atoms with E-state index in [0.29, 0.717) is 12.0 Å². The molecule has 1 aromatic carbocycles. The molecule has 2 aliphatic rings. The van der Waals surface area contributed by atoms with Gasteiger partial charge in [-0.25, -0.2) is 0 Å². The van der Waals surface area contributed by atoms with Crippen molar-refractivity contribution in [2.24, 2.45) is 5.92 Å². The Kier molecular flexibility index (Phi) is 4.71. The average Bonchev–Trinajstić information content (AvgIpc) is 2.95. The van der Waals surface area contributed by atoms with Gasteiger partial charge in [-0.15, -0.1) is 0 Å². The van der Waals surface area contributed by atoms with E-state index in [1.807, 2.05) is 0 Å². The summed E-state index contributed by atoms with van der Waals surface area (Å²) in [6, 6.07) is 6.72. The van der Waals surface area contributed by atoms with Crippen LogP contribution in [0.15, 0.2) is 18.2 Å². The highest BCUT2D eigenvalue weighted by molar-refractivity contribution is 5.36. The first kappa shape index (κ1) is 14.1. The van der Waals surface area contributed by atoms with Gasteiger partial charge in [0.15, 0.2) is 0 Å². The van der Waals surface area contributed by atoms with Gasteiger partial charge in [0.1, 0.15) is 0 Å². The summed E-state index contributed by atoms with van der Waals surface area (Å²) in [4.78, 5) is 0. The molecule has 3 nitrogen and oxygen atoms in total. The monoisotopic (exact) mass is 274 g/mol. The standard InChI is InChI=1S/C17H26N2O/c1-2-17-15(7-9-20-17)12-19-11-14-5-3-4-13-10-18-8-6-16(13)14/h3-5,15,17-19H,2,6-12H2,1H3. The van der Waals surface area contributed by atoms with Gasteiger partial charge in [-0.2, -0.15) is 0 Å². The molecule has 2 heterocycles. The molecule has 0 saturated carbocycles. The molecule has 2 unspecified atom stereocenters. The maximum atomic E-state index is 5.76. The van der Waals surface area contributed by atoms with Crippen molar-refractivity contribution in [1.82, 2.24) is 10.6 Å². The molecule has 1 aromatic rings. The summed E-state index contributed by atoms with van der Waals surface area (Å²) in [5.41, 5.74) is 4.52. The first-order chi connectivity index (χ1) is 9.88. The summed E-state index contributed by atoms with van der Waals surface area (Å²) in [6.07, 6.45) is 3.98. The minimum atomic E-state index is 0.469. The van der Waals surface area contributed by atoms with Gasteiger partial charge in [0.25, 0.3) is 0 Å². The molecular weight excluding hydrogens is 248 g/mol. The Morgan fingerprint density at radius 1 is 1.40 bits per heavy atom. The molecule has 20 heavy (non-hydrogen) atoms. The van der Waals surface area contributed by atoms with Crippen LogP contribution in [-0.4, -0.2) is 25.8 Å². The van der Waals surface area contributed by atoms with Crippen LogP contribution in [0.1, 0.15) is 36.5 Å². The Morgan fingerprint density at radius 2 is 2.35 bits per heavy atom. The number of fused-ring (bicyclic) bond motifs is 1. The number of hydrogen-bond acceptors (Lipinski definition) is 3. The van der Waals surface area contributed by atoms with E-state index in [4.69, 9.17) is 4.74 Å². The molecular formula is C17H26N2O. The Balaban J connectivity index is 1.56. The van der Waals surface area contributed by atoms with Gasteiger partial charge >= 0.3 is 0 Å². The summed E-state index contributed by atoms with van der Waals surface area (Å²) in [5.74, 6) is 0.696. The average molecular weight is 274 g/mol. The van der Waals surface area contributed by atoms with E-state index in [-0.39, 0.29) is 0 Å². The Bertz CT molecular complexity index is 447. The van der Waals surface area contributed by atoms with Crippen LogP contribution in [0.5, 0.6) is 0 Å². The molecule has 0 spiro atoms. The van der Waals surface area contributed by atoms with Crippen LogP contribution in [0.3, 0.4) is 0 Å². The fourth-order valence-corrected chi connectivity index (χ4v) is 3.55. The maximum absolute atomic E-state index is 5.76. The lowest BCUT2D eigenvalue weighted by molar-refractivity contribution is 0.0872. The van der Waals surface area contributed by atoms with Crippen molar-refractivity contribution in [2.45, 2.75) is 45.4 Å². The van der Waals surface area contributed by atoms with Crippen molar-refractivity contribution in [2.75, 3.05) is 19.7 Å². The topological polar surface area (TPSA) is 33.3 Å². The number of benzene rings is 1. The van der Waals surface area contributed by atoms with E-state index >= 15 is 0 Å². The van der Waals surface area contributed by atoms with Crippen LogP contribution in [0.2, 0.25) is 0 Å². The first-order valence-electron chi connectivity index (χ1n) is 8.01. The normalized spacial score (nSPS) is 25.6. The van der Waals surface area contributed by atoms with Gasteiger partial charge in [0.05, 0.1) is 6.10 Å². The molecule has 2 atom stereocenters. The zero-order chi connectivity index (χ0) is 13.8. The van der Waals surface area contributed by atoms with Gasteiger partial charge in [-0.05, 0) is 48.4 Å². The quantitative estimate of drug-likeness (QED) is 0.864. The van der Waals surface area contributed by atoms with Crippen LogP contribution in [-0.2, 0) is 24.2 Å². The number of ether oxygens (including phenoxy) is 1. The third-order valence-corrected chi connectivity index (χ3v) is 4.71. The van der Waals surface area contributed by atoms with E-state index < -0.39 is 0 Å². The van der Waals surface area contributed by atoms with Gasteiger partial charge in [-0.3, -0.25) is 0 Å². The third-order valence-electron chi connectivity index (χ3n) is 4.71. The zero-order valence-corrected chi connectivity index (χ0v) is 12.5. The molecule has 0 bridgehead atoms. The first-order valence-corrected chi connectivity index (χ1v) is 8.01. The molecule has 110 valence electrons. The summed E-state index contributed by atoms with van der Waals surface area (Å²) < 4.78 is 5.76. The van der Waals surface area contributed by atoms with E-state index in [9.17, 15) is 0 Å². The molecule has 1 saturated heterocycles. The van der Waals surface area contributed by atoms with Crippen molar-refractivity contribution in [3.63, 3.8) is 0 Å². The molecule has 0 aliphatic carbocycles. The van der Waals surface area contributed by atoms with Gasteiger partial charge in [0.2, 0.25) is 0 Å². The molecule has 2 N–H and O–H groups in total. The van der Waals surface area contributed by atoms with E-state index in [0.717, 1.165) is 45.6 Å². The van der Waals surface area contributed by atoms with Crippen LogP contribution < -0.4 is 10.6 Å². The maximum Gasteiger partial charge on any atom is 0.0613 e. The largest absolute Gasteiger partial charge is 0.378 e. The third kappa shape index (κ3) is 3.05. The second-order valence-electron chi connectivity index (χ2n) is 5.98. The lowest BCUT2D eigenvalue weighted by Gasteiger charge is -2.22. The van der Waals surface area contributed by atoms with Crippen LogP contribution >= 0.6 is 0 Å². The molecule has 0 aromatic heterocycles. The van der Waals surface area contributed by atoms with Gasteiger partial charge < -0.3 is 15.4 Å². The van der Waals surface area contributed by atoms with E-state index in [2.05, 4.69) is 35.8 Å². The minimum Gasteiger partial charge on any atom is -0.378 e. The lowest BCUT2D eigenvalue weighted by Crippen LogP contribution is -2.29. The van der Waals surface area contributed by atoms with Crippen LogP contribution in [0.25, 0.3) is 0 Å². The second kappa shape index (κ2) is 6.70. The van der Waals surface area contributed by atoms with Gasteiger partial charge in [0, 0.05) is 26.2 Å². The predicted molar refractivity (Wildman–Crippen MR) is 81.7 cm³/mol. The number of nitrogens with one attached hydrogen (secondary N) is 2. The van der Waals surface area contributed by atoms with Crippen LogP contribution in [0, 0.1) is 5.92 Å². The second-order valence-corrected chi connectivity index (χ2v) is 5.98. The van der Waals surface area contributed by atoms with E-state index in [1.54, 1.807) is 5.56 Å². The van der Waals surface area contributed by atoms with Crippen LogP contribution in [0.4, 0.5) is 0 Å². The van der Waals surface area contributed by atoms with Crippen molar-refractivity contribution >= 4 is 0 Å². The molecule has 0 amide bonds. The number of hydrogen-bond donors (Lipinski definition) is 2. The Morgan fingerprint density at radius 3 is 3.25 bits per heavy atom. The summed E-state index contributed by atoms with van der Waals surface area (Å²) in [6.45, 7) is 7.38. The highest BCUT2D eigenvalue weighted by atomic mass is 16.5. The van der Waals surface area contributed by atoms with E-state index in [1.165, 1.54) is 17.5 Å². The molecule has 0 radical (unpaired) electrons. The van der Waals surface area contributed by atoms with Crippen molar-refractivity contribution in [3.8, 4) is 0 Å². The Hall–Kier alpha value is -0.900. The molecule has 1 fully saturated rings. The summed E-state index contributed by atoms with van der Waals surface area (Å²) in [7, 11) is 0. The number of rotatable bonds is 5. The van der Waals surface area contributed by atoms with Crippen molar-refractivity contribution < 1.29 is 4.74 Å². The van der Waals surface area contributed by atoms with Crippen molar-refractivity contribution in [3.05, 3.63) is 34.9 Å².